The Hall–Kier alpha value is -2.81. The number of aryl methyl sites for hydroxylation is 1. The number of anilines is 1. The van der Waals surface area contributed by atoms with E-state index in [2.05, 4.69) is 50.9 Å². The minimum atomic E-state index is -0.327. The highest BCUT2D eigenvalue weighted by Gasteiger charge is 2.22. The molecule has 0 saturated carbocycles. The lowest BCUT2D eigenvalue weighted by atomic mass is 10.1. The molecule has 8 nitrogen and oxygen atoms in total. The first-order valence-electron chi connectivity index (χ1n) is 10.1. The zero-order chi connectivity index (χ0) is 21.3. The van der Waals surface area contributed by atoms with Crippen LogP contribution in [0.15, 0.2) is 45.1 Å². The molecule has 0 spiro atoms. The van der Waals surface area contributed by atoms with E-state index >= 15 is 0 Å². The van der Waals surface area contributed by atoms with E-state index in [1.807, 2.05) is 0 Å². The number of aromatic nitrogens is 5. The molecule has 1 aliphatic heterocycles. The zero-order valence-electron chi connectivity index (χ0n) is 17.5. The highest BCUT2D eigenvalue weighted by Crippen LogP contribution is 2.29. The molecule has 3 aromatic rings. The molecule has 3 heterocycles. The number of benzene rings is 1. The van der Waals surface area contributed by atoms with Gasteiger partial charge in [-0.05, 0) is 38.3 Å². The van der Waals surface area contributed by atoms with Crippen molar-refractivity contribution in [2.75, 3.05) is 18.0 Å². The van der Waals surface area contributed by atoms with Crippen molar-refractivity contribution in [3.63, 3.8) is 0 Å². The van der Waals surface area contributed by atoms with Crippen LogP contribution in [0, 0.1) is 6.92 Å². The largest absolute Gasteiger partial charge is 0.341 e. The van der Waals surface area contributed by atoms with Gasteiger partial charge in [0.2, 0.25) is 5.95 Å². The third-order valence-electron chi connectivity index (χ3n) is 5.52. The predicted octanol–water partition coefficient (Wildman–Crippen LogP) is 2.26. The van der Waals surface area contributed by atoms with Crippen LogP contribution in [0.3, 0.4) is 0 Å². The van der Waals surface area contributed by atoms with E-state index in [0.717, 1.165) is 47.3 Å². The molecule has 4 rings (SSSR count). The van der Waals surface area contributed by atoms with Crippen LogP contribution in [0.1, 0.15) is 30.5 Å². The predicted molar refractivity (Wildman–Crippen MR) is 119 cm³/mol. The van der Waals surface area contributed by atoms with Crippen LogP contribution in [-0.2, 0) is 19.8 Å². The summed E-state index contributed by atoms with van der Waals surface area (Å²) in [6.07, 6.45) is 3.55. The molecule has 0 aliphatic carbocycles. The smallest absolute Gasteiger partial charge is 0.330 e. The zero-order valence-corrected chi connectivity index (χ0v) is 18.4. The minimum Gasteiger partial charge on any atom is -0.341 e. The van der Waals surface area contributed by atoms with Gasteiger partial charge in [0.15, 0.2) is 5.16 Å². The van der Waals surface area contributed by atoms with Crippen molar-refractivity contribution >= 4 is 17.7 Å². The Morgan fingerprint density at radius 3 is 2.37 bits per heavy atom. The second-order valence-corrected chi connectivity index (χ2v) is 8.61. The van der Waals surface area contributed by atoms with Crippen LogP contribution in [0.2, 0.25) is 0 Å². The maximum atomic E-state index is 12.2. The highest BCUT2D eigenvalue weighted by molar-refractivity contribution is 7.98. The van der Waals surface area contributed by atoms with Gasteiger partial charge in [-0.1, -0.05) is 29.5 Å². The standard InChI is InChI=1S/C21H26N6O2S/c1-15-7-9-16(10-8-15)27-19(26-11-5-4-6-12-26)22-23-20(27)30-14-17-13-18(28)25(3)21(29)24(17)2/h7-10,13H,4-6,11-12,14H2,1-3H3. The lowest BCUT2D eigenvalue weighted by Gasteiger charge is -2.27. The molecule has 0 atom stereocenters. The topological polar surface area (TPSA) is 78.0 Å². The Balaban J connectivity index is 1.70. The highest BCUT2D eigenvalue weighted by atomic mass is 32.2. The SMILES string of the molecule is Cc1ccc(-n2c(SCc3cc(=O)n(C)c(=O)n3C)nnc2N2CCCCC2)cc1. The Morgan fingerprint density at radius 2 is 1.67 bits per heavy atom. The number of hydrogen-bond donors (Lipinski definition) is 0. The van der Waals surface area contributed by atoms with Crippen molar-refractivity contribution in [1.82, 2.24) is 23.9 Å². The van der Waals surface area contributed by atoms with Crippen LogP contribution < -0.4 is 16.1 Å². The van der Waals surface area contributed by atoms with Crippen molar-refractivity contribution in [3.8, 4) is 5.69 Å². The van der Waals surface area contributed by atoms with E-state index in [4.69, 9.17) is 0 Å². The van der Waals surface area contributed by atoms with E-state index in [1.165, 1.54) is 41.4 Å². The first-order valence-corrected chi connectivity index (χ1v) is 11.1. The van der Waals surface area contributed by atoms with Crippen LogP contribution in [0.4, 0.5) is 5.95 Å². The Bertz CT molecular complexity index is 1160. The summed E-state index contributed by atoms with van der Waals surface area (Å²) in [5.41, 5.74) is 2.23. The number of hydrogen-bond acceptors (Lipinski definition) is 6. The summed E-state index contributed by atoms with van der Waals surface area (Å²) in [5.74, 6) is 1.30. The molecule has 9 heteroatoms. The number of thioether (sulfide) groups is 1. The first-order chi connectivity index (χ1) is 14.5. The Morgan fingerprint density at radius 1 is 0.967 bits per heavy atom. The monoisotopic (exact) mass is 426 g/mol. The van der Waals surface area contributed by atoms with Gasteiger partial charge in [-0.15, -0.1) is 10.2 Å². The van der Waals surface area contributed by atoms with Crippen molar-refractivity contribution in [1.29, 1.82) is 0 Å². The van der Waals surface area contributed by atoms with Crippen LogP contribution >= 0.6 is 11.8 Å². The summed E-state index contributed by atoms with van der Waals surface area (Å²) in [6.45, 7) is 4.00. The molecule has 0 amide bonds. The van der Waals surface area contributed by atoms with Gasteiger partial charge in [0, 0.05) is 44.7 Å². The van der Waals surface area contributed by atoms with Gasteiger partial charge in [0.05, 0.1) is 5.69 Å². The lowest BCUT2D eigenvalue weighted by molar-refractivity contribution is 0.564. The Labute approximate surface area is 179 Å². The van der Waals surface area contributed by atoms with Crippen molar-refractivity contribution in [2.24, 2.45) is 14.1 Å². The normalized spacial score (nSPS) is 14.3. The molecule has 1 aromatic carbocycles. The third-order valence-corrected chi connectivity index (χ3v) is 6.48. The van der Waals surface area contributed by atoms with E-state index < -0.39 is 0 Å². The van der Waals surface area contributed by atoms with Gasteiger partial charge in [-0.25, -0.2) is 4.79 Å². The summed E-state index contributed by atoms with van der Waals surface area (Å²) in [7, 11) is 3.17. The molecule has 2 aromatic heterocycles. The average molecular weight is 427 g/mol. The molecule has 30 heavy (non-hydrogen) atoms. The van der Waals surface area contributed by atoms with E-state index in [0.29, 0.717) is 11.4 Å². The van der Waals surface area contributed by atoms with Crippen molar-refractivity contribution in [2.45, 2.75) is 37.1 Å². The van der Waals surface area contributed by atoms with Crippen molar-refractivity contribution in [3.05, 3.63) is 62.4 Å². The first kappa shape index (κ1) is 20.5. The minimum absolute atomic E-state index is 0.303. The van der Waals surface area contributed by atoms with E-state index in [1.54, 1.807) is 7.05 Å². The quantitative estimate of drug-likeness (QED) is 0.583. The average Bonchev–Trinajstić information content (AvgIpc) is 3.19. The molecule has 158 valence electrons. The molecule has 0 radical (unpaired) electrons. The summed E-state index contributed by atoms with van der Waals surface area (Å²) in [6, 6.07) is 9.81. The van der Waals surface area contributed by atoms with E-state index in [-0.39, 0.29) is 11.2 Å². The Kier molecular flexibility index (Phi) is 5.80. The second-order valence-electron chi connectivity index (χ2n) is 7.66. The fourth-order valence-corrected chi connectivity index (χ4v) is 4.60. The van der Waals surface area contributed by atoms with Gasteiger partial charge in [0.1, 0.15) is 0 Å². The van der Waals surface area contributed by atoms with Gasteiger partial charge < -0.3 is 4.90 Å². The molecule has 1 fully saturated rings. The summed E-state index contributed by atoms with van der Waals surface area (Å²) in [5, 5.41) is 9.71. The van der Waals surface area contributed by atoms with Gasteiger partial charge in [-0.2, -0.15) is 0 Å². The fraction of sp³-hybridized carbons (Fsp3) is 0.429. The molecule has 1 aliphatic rings. The second kappa shape index (κ2) is 8.51. The number of piperidine rings is 1. The summed E-state index contributed by atoms with van der Waals surface area (Å²) < 4.78 is 4.69. The third kappa shape index (κ3) is 3.94. The number of rotatable bonds is 5. The van der Waals surface area contributed by atoms with Crippen LogP contribution in [-0.4, -0.2) is 37.0 Å². The molecule has 1 saturated heterocycles. The van der Waals surface area contributed by atoms with Crippen molar-refractivity contribution < 1.29 is 0 Å². The van der Waals surface area contributed by atoms with E-state index in [9.17, 15) is 9.59 Å². The summed E-state index contributed by atoms with van der Waals surface area (Å²) in [4.78, 5) is 26.6. The number of nitrogens with zero attached hydrogens (tertiary/aromatic N) is 6. The van der Waals surface area contributed by atoms with Crippen LogP contribution in [0.5, 0.6) is 0 Å². The maximum Gasteiger partial charge on any atom is 0.330 e. The van der Waals surface area contributed by atoms with Crippen LogP contribution in [0.25, 0.3) is 5.69 Å². The summed E-state index contributed by atoms with van der Waals surface area (Å²) >= 11 is 1.48. The van der Waals surface area contributed by atoms with Gasteiger partial charge in [0.25, 0.3) is 5.56 Å². The molecular weight excluding hydrogens is 400 g/mol. The van der Waals surface area contributed by atoms with Gasteiger partial charge >= 0.3 is 5.69 Å². The molecular formula is C21H26N6O2S. The maximum absolute atomic E-state index is 12.2. The molecule has 0 bridgehead atoms. The lowest BCUT2D eigenvalue weighted by Crippen LogP contribution is -2.37. The van der Waals surface area contributed by atoms with Gasteiger partial charge in [-0.3, -0.25) is 18.5 Å². The fourth-order valence-electron chi connectivity index (χ4n) is 3.63. The molecule has 0 N–H and O–H groups in total. The molecule has 0 unspecified atom stereocenters.